The van der Waals surface area contributed by atoms with Gasteiger partial charge in [0.2, 0.25) is 11.8 Å². The second-order valence-corrected chi connectivity index (χ2v) is 8.42. The lowest BCUT2D eigenvalue weighted by Gasteiger charge is -2.17. The summed E-state index contributed by atoms with van der Waals surface area (Å²) in [5.74, 6) is -0.420. The SMILES string of the molecule is CC(=O)N[C@@H](CC(=O)Nc1ncc(Cc2cc(Cl)ccc2Cl)s1)c1ccccc1. The van der Waals surface area contributed by atoms with Crippen LogP contribution in [0.4, 0.5) is 5.13 Å². The van der Waals surface area contributed by atoms with E-state index in [0.717, 1.165) is 16.0 Å². The van der Waals surface area contributed by atoms with Crippen molar-refractivity contribution in [3.8, 4) is 0 Å². The highest BCUT2D eigenvalue weighted by Crippen LogP contribution is 2.27. The Hall–Kier alpha value is -2.41. The summed E-state index contributed by atoms with van der Waals surface area (Å²) >= 11 is 13.6. The second-order valence-electron chi connectivity index (χ2n) is 6.46. The lowest BCUT2D eigenvalue weighted by atomic mass is 10.0. The molecule has 0 aliphatic rings. The van der Waals surface area contributed by atoms with Gasteiger partial charge in [-0.15, -0.1) is 11.3 Å². The first-order valence-electron chi connectivity index (χ1n) is 8.91. The van der Waals surface area contributed by atoms with Crippen LogP contribution in [0.15, 0.2) is 54.7 Å². The number of benzene rings is 2. The first-order valence-corrected chi connectivity index (χ1v) is 10.5. The van der Waals surface area contributed by atoms with Crippen LogP contribution in [-0.2, 0) is 16.0 Å². The maximum absolute atomic E-state index is 12.5. The van der Waals surface area contributed by atoms with Gasteiger partial charge in [0.15, 0.2) is 5.13 Å². The van der Waals surface area contributed by atoms with Gasteiger partial charge in [0.25, 0.3) is 0 Å². The Balaban J connectivity index is 1.64. The highest BCUT2D eigenvalue weighted by molar-refractivity contribution is 7.15. The van der Waals surface area contributed by atoms with Crippen molar-refractivity contribution in [2.75, 3.05) is 5.32 Å². The summed E-state index contributed by atoms with van der Waals surface area (Å²) in [6.45, 7) is 1.43. The van der Waals surface area contributed by atoms with Gasteiger partial charge in [-0.05, 0) is 29.3 Å². The topological polar surface area (TPSA) is 71.1 Å². The van der Waals surface area contributed by atoms with E-state index < -0.39 is 6.04 Å². The van der Waals surface area contributed by atoms with Crippen LogP contribution in [-0.4, -0.2) is 16.8 Å². The zero-order chi connectivity index (χ0) is 20.8. The van der Waals surface area contributed by atoms with Gasteiger partial charge < -0.3 is 10.6 Å². The molecule has 0 saturated carbocycles. The summed E-state index contributed by atoms with van der Waals surface area (Å²) in [5, 5.41) is 7.37. The van der Waals surface area contributed by atoms with Crippen molar-refractivity contribution in [2.24, 2.45) is 0 Å². The summed E-state index contributed by atoms with van der Waals surface area (Å²) in [6, 6.07) is 14.3. The van der Waals surface area contributed by atoms with Gasteiger partial charge in [0, 0.05) is 34.5 Å². The first kappa shape index (κ1) is 21.3. The maximum atomic E-state index is 12.5. The van der Waals surface area contributed by atoms with Crippen molar-refractivity contribution >= 4 is 51.5 Å². The number of rotatable bonds is 7. The van der Waals surface area contributed by atoms with E-state index in [4.69, 9.17) is 23.2 Å². The molecule has 1 aromatic heterocycles. The maximum Gasteiger partial charge on any atom is 0.228 e. The Bertz CT molecular complexity index is 1010. The van der Waals surface area contributed by atoms with Crippen LogP contribution in [0, 0.1) is 0 Å². The predicted molar refractivity (Wildman–Crippen MR) is 118 cm³/mol. The minimum atomic E-state index is -0.404. The first-order chi connectivity index (χ1) is 13.9. The lowest BCUT2D eigenvalue weighted by molar-refractivity contribution is -0.120. The molecule has 0 aliphatic heterocycles. The van der Waals surface area contributed by atoms with Gasteiger partial charge in [-0.2, -0.15) is 0 Å². The van der Waals surface area contributed by atoms with Crippen molar-refractivity contribution in [3.63, 3.8) is 0 Å². The number of amides is 2. The Morgan fingerprint density at radius 1 is 1.14 bits per heavy atom. The minimum absolute atomic E-state index is 0.110. The third kappa shape index (κ3) is 6.29. The zero-order valence-corrected chi connectivity index (χ0v) is 17.9. The molecule has 5 nitrogen and oxygen atoms in total. The van der Waals surface area contributed by atoms with Gasteiger partial charge in [-0.25, -0.2) is 4.98 Å². The molecule has 0 saturated heterocycles. The molecule has 0 fully saturated rings. The van der Waals surface area contributed by atoms with E-state index in [1.807, 2.05) is 36.4 Å². The quantitative estimate of drug-likeness (QED) is 0.519. The van der Waals surface area contributed by atoms with E-state index in [-0.39, 0.29) is 18.2 Å². The summed E-state index contributed by atoms with van der Waals surface area (Å²) in [4.78, 5) is 29.3. The normalized spacial score (nSPS) is 11.7. The molecule has 3 rings (SSSR count). The van der Waals surface area contributed by atoms with E-state index in [1.165, 1.54) is 18.3 Å². The molecule has 8 heteroatoms. The number of hydrogen-bond acceptors (Lipinski definition) is 4. The van der Waals surface area contributed by atoms with Gasteiger partial charge >= 0.3 is 0 Å². The molecule has 0 aliphatic carbocycles. The van der Waals surface area contributed by atoms with Crippen molar-refractivity contribution in [1.29, 1.82) is 0 Å². The van der Waals surface area contributed by atoms with Crippen LogP contribution in [0.2, 0.25) is 10.0 Å². The van der Waals surface area contributed by atoms with E-state index >= 15 is 0 Å². The predicted octanol–water partition coefficient (Wildman–Crippen LogP) is 5.25. The van der Waals surface area contributed by atoms with E-state index in [9.17, 15) is 9.59 Å². The molecule has 0 spiro atoms. The number of hydrogen-bond donors (Lipinski definition) is 2. The smallest absolute Gasteiger partial charge is 0.228 e. The number of carbonyl (C=O) groups is 2. The summed E-state index contributed by atoms with van der Waals surface area (Å²) in [7, 11) is 0. The lowest BCUT2D eigenvalue weighted by Crippen LogP contribution is -2.29. The van der Waals surface area contributed by atoms with Crippen molar-refractivity contribution in [3.05, 3.63) is 80.8 Å². The van der Waals surface area contributed by atoms with Crippen LogP contribution in [0.5, 0.6) is 0 Å². The second kappa shape index (κ2) is 9.87. The molecule has 2 N–H and O–H groups in total. The van der Waals surface area contributed by atoms with Crippen LogP contribution in [0.3, 0.4) is 0 Å². The summed E-state index contributed by atoms with van der Waals surface area (Å²) < 4.78 is 0. The standard InChI is InChI=1S/C21H19Cl2N3O2S/c1-13(27)25-19(14-5-3-2-4-6-14)11-20(28)26-21-24-12-17(29-21)10-15-9-16(22)7-8-18(15)23/h2-9,12,19H,10-11H2,1H3,(H,25,27)(H,24,26,28)/t19-/m0/s1. The van der Waals surface area contributed by atoms with Gasteiger partial charge in [-0.1, -0.05) is 53.5 Å². The molecular formula is C21H19Cl2N3O2S. The highest BCUT2D eigenvalue weighted by Gasteiger charge is 2.18. The fourth-order valence-corrected chi connectivity index (χ4v) is 4.08. The molecular weight excluding hydrogens is 429 g/mol. The number of halogens is 2. The van der Waals surface area contributed by atoms with Crippen LogP contribution < -0.4 is 10.6 Å². The molecule has 29 heavy (non-hydrogen) atoms. The Morgan fingerprint density at radius 2 is 1.90 bits per heavy atom. The Kier molecular flexibility index (Phi) is 7.25. The fourth-order valence-electron chi connectivity index (χ4n) is 2.85. The summed E-state index contributed by atoms with van der Waals surface area (Å²) in [5.41, 5.74) is 1.77. The van der Waals surface area contributed by atoms with Gasteiger partial charge in [-0.3, -0.25) is 9.59 Å². The van der Waals surface area contributed by atoms with Crippen LogP contribution >= 0.6 is 34.5 Å². The molecule has 0 bridgehead atoms. The van der Waals surface area contributed by atoms with Gasteiger partial charge in [0.1, 0.15) is 0 Å². The number of thiazole rings is 1. The fraction of sp³-hybridized carbons (Fsp3) is 0.190. The Morgan fingerprint density at radius 3 is 2.62 bits per heavy atom. The minimum Gasteiger partial charge on any atom is -0.349 e. The van der Waals surface area contributed by atoms with Crippen LogP contribution in [0.1, 0.15) is 35.4 Å². The number of carbonyl (C=O) groups excluding carboxylic acids is 2. The Labute approximate surface area is 183 Å². The largest absolute Gasteiger partial charge is 0.349 e. The highest BCUT2D eigenvalue weighted by atomic mass is 35.5. The molecule has 2 aromatic carbocycles. The number of aromatic nitrogens is 1. The van der Waals surface area contributed by atoms with Crippen molar-refractivity contribution < 1.29 is 9.59 Å². The van der Waals surface area contributed by atoms with Gasteiger partial charge in [0.05, 0.1) is 12.5 Å². The summed E-state index contributed by atoms with van der Waals surface area (Å²) in [6.07, 6.45) is 2.39. The number of nitrogens with zero attached hydrogens (tertiary/aromatic N) is 1. The van der Waals surface area contributed by atoms with E-state index in [2.05, 4.69) is 15.6 Å². The molecule has 1 heterocycles. The third-order valence-electron chi connectivity index (χ3n) is 4.14. The molecule has 2 amide bonds. The number of nitrogens with one attached hydrogen (secondary N) is 2. The molecule has 0 radical (unpaired) electrons. The van der Waals surface area contributed by atoms with E-state index in [0.29, 0.717) is 21.6 Å². The van der Waals surface area contributed by atoms with E-state index in [1.54, 1.807) is 18.3 Å². The van der Waals surface area contributed by atoms with Crippen molar-refractivity contribution in [2.45, 2.75) is 25.8 Å². The zero-order valence-electron chi connectivity index (χ0n) is 15.6. The monoisotopic (exact) mass is 447 g/mol. The molecule has 0 unspecified atom stereocenters. The molecule has 150 valence electrons. The average molecular weight is 448 g/mol. The average Bonchev–Trinajstić information content (AvgIpc) is 3.11. The molecule has 3 aromatic rings. The van der Waals surface area contributed by atoms with Crippen molar-refractivity contribution in [1.82, 2.24) is 10.3 Å². The number of anilines is 1. The molecule has 1 atom stereocenters. The van der Waals surface area contributed by atoms with Crippen LogP contribution in [0.25, 0.3) is 0 Å². The third-order valence-corrected chi connectivity index (χ3v) is 5.66.